The maximum atomic E-state index is 6.07. The molecule has 0 bridgehead atoms. The molecule has 2 aromatic rings. The van der Waals surface area contributed by atoms with E-state index in [4.69, 9.17) is 23.8 Å². The molecule has 0 radical (unpaired) electrons. The van der Waals surface area contributed by atoms with Crippen LogP contribution >= 0.6 is 51.5 Å². The van der Waals surface area contributed by atoms with Gasteiger partial charge in [0.1, 0.15) is 0 Å². The van der Waals surface area contributed by atoms with Crippen LogP contribution in [0.25, 0.3) is 0 Å². The molecule has 2 aromatic carbocycles. The number of nitrogens with one attached hydrogen (secondary N) is 2. The fraction of sp³-hybridized carbons (Fsp3) is 0.278. The molecule has 24 heavy (non-hydrogen) atoms. The minimum atomic E-state index is 0.622. The smallest absolute Gasteiger partial charge is 0.170 e. The van der Waals surface area contributed by atoms with Crippen LogP contribution in [-0.2, 0) is 5.75 Å². The van der Waals surface area contributed by atoms with Crippen LogP contribution in [-0.4, -0.2) is 17.4 Å². The predicted molar refractivity (Wildman–Crippen MR) is 115 cm³/mol. The van der Waals surface area contributed by atoms with Crippen LogP contribution in [0.1, 0.15) is 17.5 Å². The van der Waals surface area contributed by atoms with E-state index in [9.17, 15) is 0 Å². The van der Waals surface area contributed by atoms with Gasteiger partial charge >= 0.3 is 0 Å². The molecule has 2 N–H and O–H groups in total. The average Bonchev–Trinajstić information content (AvgIpc) is 2.56. The van der Waals surface area contributed by atoms with Gasteiger partial charge in [0.25, 0.3) is 0 Å². The summed E-state index contributed by atoms with van der Waals surface area (Å²) in [6.07, 6.45) is 1.07. The van der Waals surface area contributed by atoms with E-state index >= 15 is 0 Å². The van der Waals surface area contributed by atoms with E-state index in [-0.39, 0.29) is 0 Å². The molecule has 0 saturated heterocycles. The Kier molecular flexibility index (Phi) is 8.39. The molecule has 0 spiro atoms. The van der Waals surface area contributed by atoms with Crippen molar-refractivity contribution in [3.63, 3.8) is 0 Å². The third-order valence-electron chi connectivity index (χ3n) is 3.45. The lowest BCUT2D eigenvalue weighted by Crippen LogP contribution is -2.29. The van der Waals surface area contributed by atoms with E-state index in [1.54, 1.807) is 0 Å². The highest BCUT2D eigenvalue weighted by Crippen LogP contribution is 2.25. The molecule has 2 nitrogen and oxygen atoms in total. The number of thioether (sulfide) groups is 1. The van der Waals surface area contributed by atoms with E-state index < -0.39 is 0 Å². The van der Waals surface area contributed by atoms with Gasteiger partial charge in [-0.05, 0) is 76.6 Å². The van der Waals surface area contributed by atoms with Gasteiger partial charge in [-0.25, -0.2) is 0 Å². The fourth-order valence-corrected chi connectivity index (χ4v) is 3.76. The average molecular weight is 444 g/mol. The number of anilines is 1. The van der Waals surface area contributed by atoms with E-state index in [1.165, 1.54) is 11.1 Å². The zero-order chi connectivity index (χ0) is 17.4. The number of hydrogen-bond donors (Lipinski definition) is 2. The first-order valence-electron chi connectivity index (χ1n) is 7.68. The summed E-state index contributed by atoms with van der Waals surface area (Å²) in [6, 6.07) is 14.2. The van der Waals surface area contributed by atoms with Crippen LogP contribution in [0.2, 0.25) is 5.02 Å². The molecule has 0 saturated carbocycles. The Morgan fingerprint density at radius 2 is 2.04 bits per heavy atom. The second kappa shape index (κ2) is 10.3. The number of thiocarbonyl (C=S) groups is 1. The Morgan fingerprint density at radius 3 is 2.79 bits per heavy atom. The van der Waals surface area contributed by atoms with Crippen molar-refractivity contribution >= 4 is 62.3 Å². The van der Waals surface area contributed by atoms with Gasteiger partial charge in [0.05, 0.1) is 5.02 Å². The Bertz CT molecular complexity index is 694. The molecule has 0 unspecified atom stereocenters. The number of rotatable bonds is 7. The van der Waals surface area contributed by atoms with Gasteiger partial charge in [-0.15, -0.1) is 0 Å². The minimum absolute atomic E-state index is 0.622. The monoisotopic (exact) mass is 442 g/mol. The zero-order valence-electron chi connectivity index (χ0n) is 13.4. The molecule has 0 heterocycles. The Balaban J connectivity index is 1.61. The summed E-state index contributed by atoms with van der Waals surface area (Å²) in [5.41, 5.74) is 3.66. The van der Waals surface area contributed by atoms with Crippen molar-refractivity contribution in [1.82, 2.24) is 5.32 Å². The summed E-state index contributed by atoms with van der Waals surface area (Å²) < 4.78 is 0.874. The second-order valence-corrected chi connectivity index (χ2v) is 8.12. The quantitative estimate of drug-likeness (QED) is 0.403. The zero-order valence-corrected chi connectivity index (χ0v) is 17.4. The molecule has 0 fully saturated rings. The third kappa shape index (κ3) is 6.63. The van der Waals surface area contributed by atoms with Crippen LogP contribution in [0.3, 0.4) is 0 Å². The number of halogens is 2. The Labute approximate surface area is 166 Å². The summed E-state index contributed by atoms with van der Waals surface area (Å²) in [7, 11) is 0. The van der Waals surface area contributed by atoms with Gasteiger partial charge < -0.3 is 10.6 Å². The molecular weight excluding hydrogens is 424 g/mol. The maximum absolute atomic E-state index is 6.07. The largest absolute Gasteiger partial charge is 0.362 e. The summed E-state index contributed by atoms with van der Waals surface area (Å²) >= 11 is 16.7. The first-order chi connectivity index (χ1) is 11.6. The summed E-state index contributed by atoms with van der Waals surface area (Å²) in [6.45, 7) is 3.02. The van der Waals surface area contributed by atoms with Crippen molar-refractivity contribution < 1.29 is 0 Å². The van der Waals surface area contributed by atoms with Gasteiger partial charge in [-0.1, -0.05) is 35.9 Å². The van der Waals surface area contributed by atoms with Crippen molar-refractivity contribution in [1.29, 1.82) is 0 Å². The highest BCUT2D eigenvalue weighted by Gasteiger charge is 2.01. The molecule has 0 aliphatic heterocycles. The van der Waals surface area contributed by atoms with Crippen molar-refractivity contribution in [3.05, 3.63) is 63.1 Å². The van der Waals surface area contributed by atoms with E-state index in [2.05, 4.69) is 57.8 Å². The minimum Gasteiger partial charge on any atom is -0.362 e. The van der Waals surface area contributed by atoms with Gasteiger partial charge in [-0.2, -0.15) is 11.8 Å². The SMILES string of the molecule is Cc1ccccc1CSCCCNC(=S)Nc1ccc(Br)c(Cl)c1. The van der Waals surface area contributed by atoms with Gasteiger partial charge in [-0.3, -0.25) is 0 Å². The Hall–Kier alpha value is -0.750. The lowest BCUT2D eigenvalue weighted by Gasteiger charge is -2.11. The highest BCUT2D eigenvalue weighted by atomic mass is 79.9. The number of hydrogen-bond acceptors (Lipinski definition) is 2. The molecule has 6 heteroatoms. The molecule has 0 aliphatic carbocycles. The second-order valence-electron chi connectivity index (χ2n) is 5.34. The normalized spacial score (nSPS) is 10.5. The van der Waals surface area contributed by atoms with Crippen LogP contribution < -0.4 is 10.6 Å². The Morgan fingerprint density at radius 1 is 1.25 bits per heavy atom. The van der Waals surface area contributed by atoms with Crippen LogP contribution in [0.5, 0.6) is 0 Å². The summed E-state index contributed by atoms with van der Waals surface area (Å²) in [5, 5.41) is 7.65. The van der Waals surface area contributed by atoms with Crippen molar-refractivity contribution in [2.45, 2.75) is 19.1 Å². The summed E-state index contributed by atoms with van der Waals surface area (Å²) in [5.74, 6) is 2.17. The van der Waals surface area contributed by atoms with Gasteiger partial charge in [0.2, 0.25) is 0 Å². The first-order valence-corrected chi connectivity index (χ1v) is 10.4. The molecule has 0 aromatic heterocycles. The van der Waals surface area contributed by atoms with Crippen LogP contribution in [0, 0.1) is 6.92 Å². The third-order valence-corrected chi connectivity index (χ3v) is 6.02. The number of benzene rings is 2. The molecular formula is C18H20BrClN2S2. The van der Waals surface area contributed by atoms with Crippen molar-refractivity contribution in [3.8, 4) is 0 Å². The molecule has 0 aliphatic rings. The lowest BCUT2D eigenvalue weighted by atomic mass is 10.1. The lowest BCUT2D eigenvalue weighted by molar-refractivity contribution is 0.854. The van der Waals surface area contributed by atoms with Gasteiger partial charge in [0.15, 0.2) is 5.11 Å². The molecule has 0 atom stereocenters. The molecule has 2 rings (SSSR count). The predicted octanol–water partition coefficient (Wildman–Crippen LogP) is 6.02. The van der Waals surface area contributed by atoms with E-state index in [0.717, 1.165) is 34.6 Å². The summed E-state index contributed by atoms with van der Waals surface area (Å²) in [4.78, 5) is 0. The molecule has 128 valence electrons. The maximum Gasteiger partial charge on any atom is 0.170 e. The van der Waals surface area contributed by atoms with E-state index in [1.807, 2.05) is 30.0 Å². The van der Waals surface area contributed by atoms with Crippen LogP contribution in [0.15, 0.2) is 46.9 Å². The van der Waals surface area contributed by atoms with E-state index in [0.29, 0.717) is 10.1 Å². The van der Waals surface area contributed by atoms with Gasteiger partial charge in [0, 0.05) is 22.5 Å². The van der Waals surface area contributed by atoms with Crippen LogP contribution in [0.4, 0.5) is 5.69 Å². The first kappa shape index (κ1) is 19.6. The number of aryl methyl sites for hydroxylation is 1. The fourth-order valence-electron chi connectivity index (χ4n) is 2.08. The molecule has 0 amide bonds. The van der Waals surface area contributed by atoms with Crippen molar-refractivity contribution in [2.24, 2.45) is 0 Å². The topological polar surface area (TPSA) is 24.1 Å². The standard InChI is InChI=1S/C18H20BrClN2S2/c1-13-5-2-3-6-14(13)12-24-10-4-9-21-18(23)22-15-7-8-16(19)17(20)11-15/h2-3,5-8,11H,4,9-10,12H2,1H3,(H2,21,22,23). The highest BCUT2D eigenvalue weighted by molar-refractivity contribution is 9.10. The van der Waals surface area contributed by atoms with Crippen molar-refractivity contribution in [2.75, 3.05) is 17.6 Å².